The summed E-state index contributed by atoms with van der Waals surface area (Å²) >= 11 is 1.23. The first-order valence-electron chi connectivity index (χ1n) is 14.7. The molecule has 0 saturated carbocycles. The molecule has 5 aromatic rings. The predicted octanol–water partition coefficient (Wildman–Crippen LogP) is 7.92. The number of carbonyl (C=O) groups excluding carboxylic acids is 3. The minimum Gasteiger partial charge on any atom is -0.324 e. The zero-order valence-electron chi connectivity index (χ0n) is 25.6. The van der Waals surface area contributed by atoms with Crippen molar-refractivity contribution >= 4 is 52.6 Å². The number of hydrogen-bond acceptors (Lipinski definition) is 6. The third kappa shape index (κ3) is 8.80. The normalized spacial score (nSPS) is 11.7. The van der Waals surface area contributed by atoms with E-state index in [1.54, 1.807) is 67.6 Å². The minimum absolute atomic E-state index is 0.0672. The van der Waals surface area contributed by atoms with E-state index >= 15 is 0 Å². The van der Waals surface area contributed by atoms with Crippen LogP contribution >= 0.6 is 11.8 Å². The molecule has 5 aromatic carbocycles. The van der Waals surface area contributed by atoms with Crippen LogP contribution in [-0.2, 0) is 9.59 Å². The molecule has 1 unspecified atom stereocenters. The zero-order valence-corrected chi connectivity index (χ0v) is 26.4. The SMILES string of the molecule is Cc1ccc([N+](=O)[O-])cc1NC(=O)C(Sc1cccc(NC(=O)/C(=C/c2ccc(F)cc2)NC(=O)c2ccccc2)c1)c1ccccc1. The van der Waals surface area contributed by atoms with Crippen molar-refractivity contribution in [1.29, 1.82) is 0 Å². The van der Waals surface area contributed by atoms with Crippen molar-refractivity contribution in [3.05, 3.63) is 171 Å². The lowest BCUT2D eigenvalue weighted by Gasteiger charge is -2.18. The summed E-state index contributed by atoms with van der Waals surface area (Å²) in [5.74, 6) is -1.95. The second kappa shape index (κ2) is 15.5. The summed E-state index contributed by atoms with van der Waals surface area (Å²) in [6.45, 7) is 1.75. The maximum atomic E-state index is 13.7. The molecule has 11 heteroatoms. The van der Waals surface area contributed by atoms with Crippen LogP contribution in [0.4, 0.5) is 21.5 Å². The Hall–Kier alpha value is -6.07. The average Bonchev–Trinajstić information content (AvgIpc) is 3.09. The summed E-state index contributed by atoms with van der Waals surface area (Å²) in [4.78, 5) is 51.6. The number of nitro groups is 1. The van der Waals surface area contributed by atoms with E-state index < -0.39 is 33.7 Å². The molecule has 3 N–H and O–H groups in total. The van der Waals surface area contributed by atoms with Crippen LogP contribution in [0.15, 0.2) is 138 Å². The number of carbonyl (C=O) groups is 3. The van der Waals surface area contributed by atoms with E-state index in [-0.39, 0.29) is 11.4 Å². The second-order valence-corrected chi connectivity index (χ2v) is 11.7. The quantitative estimate of drug-likeness (QED) is 0.0571. The number of benzene rings is 5. The van der Waals surface area contributed by atoms with Crippen LogP contribution < -0.4 is 16.0 Å². The van der Waals surface area contributed by atoms with Crippen LogP contribution in [0.3, 0.4) is 0 Å². The third-order valence-electron chi connectivity index (χ3n) is 7.09. The fourth-order valence-electron chi connectivity index (χ4n) is 4.61. The van der Waals surface area contributed by atoms with Gasteiger partial charge < -0.3 is 16.0 Å². The fraction of sp³-hybridized carbons (Fsp3) is 0.0541. The molecule has 0 aliphatic carbocycles. The highest BCUT2D eigenvalue weighted by Gasteiger charge is 2.24. The lowest BCUT2D eigenvalue weighted by molar-refractivity contribution is -0.384. The van der Waals surface area contributed by atoms with Crippen LogP contribution in [0.5, 0.6) is 0 Å². The van der Waals surface area contributed by atoms with Gasteiger partial charge in [0.2, 0.25) is 5.91 Å². The van der Waals surface area contributed by atoms with E-state index in [1.165, 1.54) is 54.2 Å². The number of nitrogens with one attached hydrogen (secondary N) is 3. The van der Waals surface area contributed by atoms with E-state index in [2.05, 4.69) is 16.0 Å². The summed E-state index contributed by atoms with van der Waals surface area (Å²) in [6.07, 6.45) is 1.44. The number of halogens is 1. The van der Waals surface area contributed by atoms with Gasteiger partial charge in [0.25, 0.3) is 17.5 Å². The molecule has 0 heterocycles. The van der Waals surface area contributed by atoms with E-state index in [1.807, 2.05) is 30.3 Å². The van der Waals surface area contributed by atoms with Crippen molar-refractivity contribution < 1.29 is 23.7 Å². The van der Waals surface area contributed by atoms with Gasteiger partial charge >= 0.3 is 0 Å². The van der Waals surface area contributed by atoms with Crippen molar-refractivity contribution in [2.24, 2.45) is 0 Å². The van der Waals surface area contributed by atoms with E-state index in [9.17, 15) is 28.9 Å². The van der Waals surface area contributed by atoms with Crippen LogP contribution in [0, 0.1) is 22.9 Å². The van der Waals surface area contributed by atoms with Crippen LogP contribution in [-0.4, -0.2) is 22.6 Å². The molecule has 0 aliphatic heterocycles. The van der Waals surface area contributed by atoms with Gasteiger partial charge in [0, 0.05) is 28.3 Å². The summed E-state index contributed by atoms with van der Waals surface area (Å²) < 4.78 is 13.5. The number of non-ortho nitro benzene ring substituents is 1. The number of nitrogens with zero attached hydrogens (tertiary/aromatic N) is 1. The van der Waals surface area contributed by atoms with Gasteiger partial charge in [-0.3, -0.25) is 24.5 Å². The van der Waals surface area contributed by atoms with Crippen molar-refractivity contribution in [1.82, 2.24) is 5.32 Å². The van der Waals surface area contributed by atoms with Gasteiger partial charge in [-0.15, -0.1) is 11.8 Å². The molecule has 0 spiro atoms. The number of hydrogen-bond donors (Lipinski definition) is 3. The van der Waals surface area contributed by atoms with E-state index in [0.29, 0.717) is 38.5 Å². The number of amides is 3. The van der Waals surface area contributed by atoms with Gasteiger partial charge in [0.15, 0.2) is 0 Å². The van der Waals surface area contributed by atoms with E-state index in [4.69, 9.17) is 0 Å². The summed E-state index contributed by atoms with van der Waals surface area (Å²) in [5.41, 5.74) is 2.72. The Labute approximate surface area is 280 Å². The largest absolute Gasteiger partial charge is 0.324 e. The Bertz CT molecular complexity index is 1990. The molecule has 0 radical (unpaired) electrons. The first kappa shape index (κ1) is 33.3. The number of anilines is 2. The average molecular weight is 661 g/mol. The van der Waals surface area contributed by atoms with Gasteiger partial charge in [0.1, 0.15) is 16.8 Å². The Balaban J connectivity index is 1.38. The molecule has 5 rings (SSSR count). The maximum absolute atomic E-state index is 13.7. The van der Waals surface area contributed by atoms with Gasteiger partial charge in [-0.25, -0.2) is 4.39 Å². The molecule has 1 atom stereocenters. The van der Waals surface area contributed by atoms with Crippen LogP contribution in [0.1, 0.15) is 32.3 Å². The van der Waals surface area contributed by atoms with Crippen LogP contribution in [0.2, 0.25) is 0 Å². The highest BCUT2D eigenvalue weighted by atomic mass is 32.2. The van der Waals surface area contributed by atoms with Crippen molar-refractivity contribution in [3.63, 3.8) is 0 Å². The smallest absolute Gasteiger partial charge is 0.272 e. The molecule has 0 saturated heterocycles. The highest BCUT2D eigenvalue weighted by molar-refractivity contribution is 8.00. The Morgan fingerprint density at radius 2 is 1.50 bits per heavy atom. The highest BCUT2D eigenvalue weighted by Crippen LogP contribution is 2.37. The Morgan fingerprint density at radius 3 is 2.19 bits per heavy atom. The molecular weight excluding hydrogens is 631 g/mol. The molecular formula is C37H29FN4O5S. The summed E-state index contributed by atoms with van der Waals surface area (Å²) in [6, 6.07) is 34.1. The first-order valence-corrected chi connectivity index (χ1v) is 15.6. The van der Waals surface area contributed by atoms with Crippen molar-refractivity contribution in [2.45, 2.75) is 17.1 Å². The van der Waals surface area contributed by atoms with Crippen molar-refractivity contribution in [2.75, 3.05) is 10.6 Å². The minimum atomic E-state index is -0.755. The zero-order chi connectivity index (χ0) is 34.0. The third-order valence-corrected chi connectivity index (χ3v) is 8.33. The number of aryl methyl sites for hydroxylation is 1. The molecule has 0 aliphatic rings. The lowest BCUT2D eigenvalue weighted by atomic mass is 10.1. The van der Waals surface area contributed by atoms with E-state index in [0.717, 1.165) is 0 Å². The fourth-order valence-corrected chi connectivity index (χ4v) is 5.69. The molecule has 0 fully saturated rings. The standard InChI is InChI=1S/C37H29FN4O5S/c1-24-15-20-30(42(46)47)23-32(24)40-37(45)34(26-9-4-2-5-10-26)48-31-14-8-13-29(22-31)39-36(44)33(21-25-16-18-28(38)19-17-25)41-35(43)27-11-6-3-7-12-27/h2-23,34H,1H3,(H,39,44)(H,40,45)(H,41,43)/b33-21-. The monoisotopic (exact) mass is 660 g/mol. The molecule has 48 heavy (non-hydrogen) atoms. The topological polar surface area (TPSA) is 130 Å². The molecule has 0 aromatic heterocycles. The van der Waals surface area contributed by atoms with Crippen molar-refractivity contribution in [3.8, 4) is 0 Å². The maximum Gasteiger partial charge on any atom is 0.272 e. The molecule has 9 nitrogen and oxygen atoms in total. The summed E-state index contributed by atoms with van der Waals surface area (Å²) in [5, 5.41) is 18.9. The first-order chi connectivity index (χ1) is 23.2. The second-order valence-electron chi connectivity index (χ2n) is 10.6. The van der Waals surface area contributed by atoms with Gasteiger partial charge in [-0.2, -0.15) is 0 Å². The van der Waals surface area contributed by atoms with Gasteiger partial charge in [-0.1, -0.05) is 72.8 Å². The van der Waals surface area contributed by atoms with Gasteiger partial charge in [0.05, 0.1) is 10.6 Å². The molecule has 0 bridgehead atoms. The van der Waals surface area contributed by atoms with Gasteiger partial charge in [-0.05, 0) is 72.2 Å². The number of thioether (sulfide) groups is 1. The molecule has 3 amide bonds. The summed E-state index contributed by atoms with van der Waals surface area (Å²) in [7, 11) is 0. The lowest BCUT2D eigenvalue weighted by Crippen LogP contribution is -2.30. The number of nitro benzene ring substituents is 1. The van der Waals surface area contributed by atoms with Crippen LogP contribution in [0.25, 0.3) is 6.08 Å². The number of rotatable bonds is 11. The Morgan fingerprint density at radius 1 is 0.812 bits per heavy atom. The molecule has 240 valence electrons. The predicted molar refractivity (Wildman–Crippen MR) is 185 cm³/mol. The Kier molecular flexibility index (Phi) is 10.7.